The molecule has 0 amide bonds. The van der Waals surface area contributed by atoms with E-state index in [1.54, 1.807) is 21.3 Å². The number of pyridine rings is 1. The Bertz CT molecular complexity index is 1900. The molecule has 0 unspecified atom stereocenters. The number of hydrogen-bond donors (Lipinski definition) is 0. The van der Waals surface area contributed by atoms with Crippen molar-refractivity contribution in [1.82, 2.24) is 29.3 Å². The zero-order valence-corrected chi connectivity index (χ0v) is 28.6. The van der Waals surface area contributed by atoms with Gasteiger partial charge >= 0.3 is 6.18 Å². The molecular weight excluding hydrogens is 822 g/mol. The van der Waals surface area contributed by atoms with Gasteiger partial charge in [-0.25, -0.2) is 0 Å². The number of halogens is 7. The second kappa shape index (κ2) is 15.5. The quantitative estimate of drug-likeness (QED) is 0.141. The van der Waals surface area contributed by atoms with E-state index in [4.69, 9.17) is 0 Å². The van der Waals surface area contributed by atoms with Crippen LogP contribution in [0.2, 0.25) is 0 Å². The summed E-state index contributed by atoms with van der Waals surface area (Å²) < 4.78 is 95.5. The third-order valence-corrected chi connectivity index (χ3v) is 6.95. The van der Waals surface area contributed by atoms with Crippen molar-refractivity contribution < 1.29 is 60.0 Å². The van der Waals surface area contributed by atoms with E-state index in [1.807, 2.05) is 41.8 Å². The van der Waals surface area contributed by atoms with Crippen molar-refractivity contribution in [3.63, 3.8) is 0 Å². The Morgan fingerprint density at radius 1 is 0.771 bits per heavy atom. The predicted octanol–water partition coefficient (Wildman–Crippen LogP) is 5.11. The first-order valence-electron chi connectivity index (χ1n) is 13.6. The van der Waals surface area contributed by atoms with Crippen molar-refractivity contribution >= 4 is 0 Å². The maximum Gasteiger partial charge on any atom is 0.429 e. The Labute approximate surface area is 284 Å². The number of hydrogen-bond acceptors (Lipinski definition) is 3. The topological polar surface area (TPSA) is 70.4 Å². The van der Waals surface area contributed by atoms with Crippen LogP contribution >= 0.6 is 0 Å². The number of nitrogens with zero attached hydrogens (tertiary/aromatic N) is 8. The summed E-state index contributed by atoms with van der Waals surface area (Å²) in [5.41, 5.74) is 4.27. The van der Waals surface area contributed by atoms with Crippen LogP contribution < -0.4 is 14.2 Å². The molecule has 0 bridgehead atoms. The molecule has 0 aliphatic carbocycles. The van der Waals surface area contributed by atoms with Gasteiger partial charge in [0, 0.05) is 72.3 Å². The van der Waals surface area contributed by atoms with E-state index < -0.39 is 35.3 Å². The van der Waals surface area contributed by atoms with Gasteiger partial charge in [-0.05, 0) is 57.0 Å². The maximum atomic E-state index is 13.5. The zero-order chi connectivity index (χ0) is 34.6. The standard InChI is InChI=1S/2C12H11F2N2.C8H4F3N4.Ir/c2*1-8-9(2)16(7-15(8)3)12-5-4-10(13)6-11(12)14;9-8(10,11)7-13-6(14-15-7)5-3-1-2-4-12-5;/h2*4,6H,1-3H3;1-4H;/q3*-1;. The molecule has 0 saturated heterocycles. The molecule has 0 aliphatic heterocycles. The fourth-order valence-electron chi connectivity index (χ4n) is 4.03. The Kier molecular flexibility index (Phi) is 12.2. The van der Waals surface area contributed by atoms with Crippen LogP contribution in [-0.2, 0) is 40.4 Å². The normalized spacial score (nSPS) is 10.9. The maximum absolute atomic E-state index is 13.5. The Morgan fingerprint density at radius 2 is 1.25 bits per heavy atom. The number of benzene rings is 2. The van der Waals surface area contributed by atoms with Crippen LogP contribution in [0.4, 0.5) is 30.7 Å². The number of aromatic nitrogens is 8. The van der Waals surface area contributed by atoms with Crippen LogP contribution in [0.5, 0.6) is 0 Å². The number of imidazole rings is 2. The van der Waals surface area contributed by atoms with Crippen molar-refractivity contribution in [2.45, 2.75) is 33.9 Å². The van der Waals surface area contributed by atoms with E-state index in [0.717, 1.165) is 47.0 Å². The molecule has 6 aromatic rings. The first-order chi connectivity index (χ1) is 22.1. The van der Waals surface area contributed by atoms with Crippen LogP contribution in [0.25, 0.3) is 22.9 Å². The summed E-state index contributed by atoms with van der Waals surface area (Å²) >= 11 is 0. The molecule has 0 saturated carbocycles. The SMILES string of the molecule is Cc1c(C)[n+](C)[c-]n1-c1[c-]cc(F)cc1F.Cc1c(C)[n+](C)[c-]n1-c1[c-]cc(F)cc1F.FC(F)(F)c1n[n-]c(-c2ccccn2)n1.[Ir]. The second-order valence-corrected chi connectivity index (χ2v) is 10.0. The Balaban J connectivity index is 0.000000193. The smallest absolute Gasteiger partial charge is 0.413 e. The number of aryl methyl sites for hydroxylation is 2. The first kappa shape index (κ1) is 37.8. The van der Waals surface area contributed by atoms with Gasteiger partial charge in [-0.2, -0.15) is 25.3 Å². The van der Waals surface area contributed by atoms with Gasteiger partial charge in [0.1, 0.15) is 5.82 Å². The van der Waals surface area contributed by atoms with E-state index in [9.17, 15) is 30.7 Å². The zero-order valence-electron chi connectivity index (χ0n) is 26.2. The Morgan fingerprint density at radius 3 is 1.58 bits per heavy atom. The molecule has 255 valence electrons. The van der Waals surface area contributed by atoms with Crippen LogP contribution in [-0.4, -0.2) is 24.2 Å². The third-order valence-electron chi connectivity index (χ3n) is 6.95. The predicted molar refractivity (Wildman–Crippen MR) is 152 cm³/mol. The fourth-order valence-corrected chi connectivity index (χ4v) is 4.03. The van der Waals surface area contributed by atoms with Gasteiger partial charge in [0.2, 0.25) is 12.7 Å². The summed E-state index contributed by atoms with van der Waals surface area (Å²) in [5, 5.41) is 6.25. The van der Waals surface area contributed by atoms with Crippen molar-refractivity contribution in [3.8, 4) is 22.9 Å². The fraction of sp³-hybridized carbons (Fsp3) is 0.219. The summed E-state index contributed by atoms with van der Waals surface area (Å²) in [4.78, 5) is 7.05. The van der Waals surface area contributed by atoms with Crippen LogP contribution in [0.15, 0.2) is 48.7 Å². The third kappa shape index (κ3) is 8.61. The number of rotatable bonds is 3. The van der Waals surface area contributed by atoms with E-state index in [-0.39, 0.29) is 43.0 Å². The van der Waals surface area contributed by atoms with Gasteiger partial charge in [-0.3, -0.25) is 27.6 Å². The summed E-state index contributed by atoms with van der Waals surface area (Å²) in [6, 6.07) is 13.8. The van der Waals surface area contributed by atoms with Gasteiger partial charge in [-0.1, -0.05) is 6.07 Å². The largest absolute Gasteiger partial charge is 0.429 e. The summed E-state index contributed by atoms with van der Waals surface area (Å²) in [6.45, 7) is 7.51. The molecule has 0 fully saturated rings. The number of alkyl halides is 3. The molecular formula is C32H26F7IrN8-3. The molecule has 48 heavy (non-hydrogen) atoms. The van der Waals surface area contributed by atoms with Crippen LogP contribution in [0.3, 0.4) is 0 Å². The second-order valence-electron chi connectivity index (χ2n) is 10.0. The first-order valence-corrected chi connectivity index (χ1v) is 13.6. The van der Waals surface area contributed by atoms with E-state index in [1.165, 1.54) is 21.4 Å². The molecule has 1 radical (unpaired) electrons. The molecule has 8 nitrogen and oxygen atoms in total. The Hall–Kier alpha value is -4.69. The summed E-state index contributed by atoms with van der Waals surface area (Å²) in [5.74, 6) is -3.92. The summed E-state index contributed by atoms with van der Waals surface area (Å²) in [7, 11) is 3.64. The molecule has 4 aromatic heterocycles. The van der Waals surface area contributed by atoms with Gasteiger partial charge in [-0.15, -0.1) is 24.3 Å². The van der Waals surface area contributed by atoms with Crippen molar-refractivity contribution in [2.75, 3.05) is 0 Å². The average molecular weight is 848 g/mol. The molecule has 2 aromatic carbocycles. The average Bonchev–Trinajstić information content (AvgIpc) is 3.69. The molecule has 4 heterocycles. The van der Waals surface area contributed by atoms with E-state index in [2.05, 4.69) is 45.0 Å². The molecule has 16 heteroatoms. The van der Waals surface area contributed by atoms with Crippen molar-refractivity contribution in [1.29, 1.82) is 0 Å². The molecule has 0 spiro atoms. The van der Waals surface area contributed by atoms with Gasteiger partial charge in [0.05, 0.1) is 19.8 Å². The molecule has 0 aliphatic rings. The monoisotopic (exact) mass is 848 g/mol. The van der Waals surface area contributed by atoms with Crippen molar-refractivity contribution in [2.24, 2.45) is 14.1 Å². The minimum atomic E-state index is -4.57. The summed E-state index contributed by atoms with van der Waals surface area (Å²) in [6.07, 6.45) is 2.73. The van der Waals surface area contributed by atoms with Gasteiger partial charge in [0.15, 0.2) is 0 Å². The van der Waals surface area contributed by atoms with E-state index in [0.29, 0.717) is 0 Å². The van der Waals surface area contributed by atoms with E-state index >= 15 is 0 Å². The minimum absolute atomic E-state index is 0. The van der Waals surface area contributed by atoms with Gasteiger partial charge < -0.3 is 28.4 Å². The molecule has 6 rings (SSSR count). The van der Waals surface area contributed by atoms with Crippen molar-refractivity contribution in [3.05, 3.63) is 125 Å². The molecule has 0 atom stereocenters. The van der Waals surface area contributed by atoms with Crippen LogP contribution in [0, 0.1) is 75.8 Å². The van der Waals surface area contributed by atoms with Gasteiger partial charge in [0.25, 0.3) is 0 Å². The minimum Gasteiger partial charge on any atom is -0.413 e. The molecule has 0 N–H and O–H groups in total. The van der Waals surface area contributed by atoms with Crippen LogP contribution in [0.1, 0.15) is 28.6 Å².